The number of carbonyl (C=O) groups is 2. The Morgan fingerprint density at radius 2 is 1.80 bits per heavy atom. The highest BCUT2D eigenvalue weighted by Gasteiger charge is 2.26. The van der Waals surface area contributed by atoms with Crippen LogP contribution in [0.25, 0.3) is 0 Å². The van der Waals surface area contributed by atoms with Crippen LogP contribution < -0.4 is 10.1 Å². The summed E-state index contributed by atoms with van der Waals surface area (Å²) >= 11 is 9.46. The topological polar surface area (TPSA) is 58.6 Å². The van der Waals surface area contributed by atoms with Gasteiger partial charge in [0.25, 0.3) is 5.91 Å². The minimum atomic E-state index is -0.630. The van der Waals surface area contributed by atoms with Crippen LogP contribution in [-0.4, -0.2) is 35.9 Å². The lowest BCUT2D eigenvalue weighted by atomic mass is 10.1. The van der Waals surface area contributed by atoms with Gasteiger partial charge >= 0.3 is 0 Å². The second kappa shape index (κ2) is 12.0. The maximum absolute atomic E-state index is 13.0. The molecule has 0 aliphatic carbocycles. The summed E-state index contributed by atoms with van der Waals surface area (Å²) in [6, 6.07) is 12.4. The van der Waals surface area contributed by atoms with Gasteiger partial charge in [-0.1, -0.05) is 43.6 Å². The van der Waals surface area contributed by atoms with Gasteiger partial charge in [-0.25, -0.2) is 0 Å². The number of halogens is 2. The van der Waals surface area contributed by atoms with Crippen molar-refractivity contribution in [1.29, 1.82) is 0 Å². The molecule has 0 spiro atoms. The molecular formula is C23H28BrClN2O3. The summed E-state index contributed by atoms with van der Waals surface area (Å²) in [5, 5.41) is 3.48. The Kier molecular flexibility index (Phi) is 9.66. The van der Waals surface area contributed by atoms with Crippen molar-refractivity contribution in [2.75, 3.05) is 13.2 Å². The Hall–Kier alpha value is -2.05. The molecule has 0 heterocycles. The normalized spacial score (nSPS) is 11.6. The third-order valence-electron chi connectivity index (χ3n) is 4.74. The first-order chi connectivity index (χ1) is 14.3. The van der Waals surface area contributed by atoms with E-state index in [-0.39, 0.29) is 25.0 Å². The van der Waals surface area contributed by atoms with Gasteiger partial charge in [-0.05, 0) is 71.1 Å². The molecule has 0 saturated carbocycles. The van der Waals surface area contributed by atoms with Crippen LogP contribution in [0.5, 0.6) is 5.75 Å². The second-order valence-electron chi connectivity index (χ2n) is 7.02. The van der Waals surface area contributed by atoms with Crippen molar-refractivity contribution in [3.05, 3.63) is 63.1 Å². The van der Waals surface area contributed by atoms with Crippen LogP contribution >= 0.6 is 27.5 Å². The van der Waals surface area contributed by atoms with E-state index >= 15 is 0 Å². The first kappa shape index (κ1) is 24.2. The van der Waals surface area contributed by atoms with Crippen molar-refractivity contribution >= 4 is 39.3 Å². The lowest BCUT2D eigenvalue weighted by Crippen LogP contribution is -2.49. The van der Waals surface area contributed by atoms with Gasteiger partial charge in [0.15, 0.2) is 6.61 Å². The molecule has 0 aliphatic heterocycles. The van der Waals surface area contributed by atoms with Crippen LogP contribution in [0, 0.1) is 0 Å². The monoisotopic (exact) mass is 494 g/mol. The molecule has 2 aromatic carbocycles. The number of aryl methyl sites for hydroxylation is 1. The minimum absolute atomic E-state index is 0.164. The van der Waals surface area contributed by atoms with E-state index in [1.807, 2.05) is 37.3 Å². The molecule has 30 heavy (non-hydrogen) atoms. The van der Waals surface area contributed by atoms with E-state index in [4.69, 9.17) is 16.3 Å². The highest BCUT2D eigenvalue weighted by molar-refractivity contribution is 9.10. The largest absolute Gasteiger partial charge is 0.483 e. The van der Waals surface area contributed by atoms with Crippen molar-refractivity contribution in [2.24, 2.45) is 0 Å². The van der Waals surface area contributed by atoms with E-state index in [9.17, 15) is 9.59 Å². The van der Waals surface area contributed by atoms with Gasteiger partial charge in [0, 0.05) is 18.1 Å². The average molecular weight is 496 g/mol. The van der Waals surface area contributed by atoms with Gasteiger partial charge in [-0.3, -0.25) is 9.59 Å². The van der Waals surface area contributed by atoms with Gasteiger partial charge < -0.3 is 15.0 Å². The summed E-state index contributed by atoms with van der Waals surface area (Å²) in [6.07, 6.45) is 1.74. The molecule has 0 unspecified atom stereocenters. The quantitative estimate of drug-likeness (QED) is 0.505. The molecule has 0 bridgehead atoms. The number of nitrogens with zero attached hydrogens (tertiary/aromatic N) is 1. The smallest absolute Gasteiger partial charge is 0.261 e. The van der Waals surface area contributed by atoms with E-state index in [2.05, 4.69) is 28.2 Å². The summed E-state index contributed by atoms with van der Waals surface area (Å²) < 4.78 is 6.55. The third-order valence-corrected chi connectivity index (χ3v) is 5.61. The number of hydrogen-bond acceptors (Lipinski definition) is 3. The number of hydrogen-bond donors (Lipinski definition) is 1. The maximum atomic E-state index is 13.0. The first-order valence-corrected chi connectivity index (χ1v) is 11.3. The fourth-order valence-corrected chi connectivity index (χ4v) is 3.54. The Morgan fingerprint density at radius 3 is 2.40 bits per heavy atom. The molecule has 1 atom stereocenters. The number of nitrogens with one attached hydrogen (secondary N) is 1. The highest BCUT2D eigenvalue weighted by atomic mass is 79.9. The number of carbonyl (C=O) groups excluding carboxylic acids is 2. The Labute approximate surface area is 191 Å². The molecule has 7 heteroatoms. The van der Waals surface area contributed by atoms with Crippen molar-refractivity contribution in [3.63, 3.8) is 0 Å². The van der Waals surface area contributed by atoms with Gasteiger partial charge in [-0.15, -0.1) is 0 Å². The summed E-state index contributed by atoms with van der Waals surface area (Å²) in [5.74, 6) is 0.137. The predicted octanol–water partition coefficient (Wildman–Crippen LogP) is 4.99. The van der Waals surface area contributed by atoms with Crippen LogP contribution in [-0.2, 0) is 22.6 Å². The van der Waals surface area contributed by atoms with E-state index < -0.39 is 6.04 Å². The van der Waals surface area contributed by atoms with E-state index in [0.717, 1.165) is 22.9 Å². The van der Waals surface area contributed by atoms with Crippen molar-refractivity contribution in [3.8, 4) is 5.75 Å². The van der Waals surface area contributed by atoms with Gasteiger partial charge in [0.1, 0.15) is 11.8 Å². The molecule has 0 fully saturated rings. The summed E-state index contributed by atoms with van der Waals surface area (Å²) in [6.45, 7) is 6.48. The molecular weight excluding hydrogens is 468 g/mol. The molecule has 162 valence electrons. The lowest BCUT2D eigenvalue weighted by molar-refractivity contribution is -0.142. The Bertz CT molecular complexity index is 858. The molecule has 0 aliphatic rings. The molecule has 2 rings (SSSR count). The Balaban J connectivity index is 2.14. The van der Waals surface area contributed by atoms with Gasteiger partial charge in [-0.2, -0.15) is 0 Å². The van der Waals surface area contributed by atoms with Crippen LogP contribution in [0.2, 0.25) is 5.02 Å². The molecule has 0 radical (unpaired) electrons. The lowest BCUT2D eigenvalue weighted by Gasteiger charge is -2.28. The van der Waals surface area contributed by atoms with Gasteiger partial charge in [0.05, 0.1) is 4.47 Å². The third kappa shape index (κ3) is 7.03. The number of rotatable bonds is 10. The van der Waals surface area contributed by atoms with Crippen molar-refractivity contribution < 1.29 is 14.3 Å². The first-order valence-electron chi connectivity index (χ1n) is 10.1. The van der Waals surface area contributed by atoms with E-state index in [1.165, 1.54) is 10.5 Å². The zero-order valence-electron chi connectivity index (χ0n) is 17.6. The van der Waals surface area contributed by atoms with E-state index in [1.54, 1.807) is 19.1 Å². The molecule has 5 nitrogen and oxygen atoms in total. The fourth-order valence-electron chi connectivity index (χ4n) is 2.87. The van der Waals surface area contributed by atoms with Gasteiger partial charge in [0.2, 0.25) is 5.91 Å². The summed E-state index contributed by atoms with van der Waals surface area (Å²) in [7, 11) is 0. The Morgan fingerprint density at radius 1 is 1.13 bits per heavy atom. The zero-order chi connectivity index (χ0) is 22.1. The molecule has 1 N–H and O–H groups in total. The molecule has 0 aromatic heterocycles. The standard InChI is InChI=1S/C23H28BrClN2O3/c1-4-12-26-23(29)16(3)27(14-18-6-9-19(25)10-7-18)22(28)15-30-21-11-8-17(5-2)13-20(21)24/h6-11,13,16H,4-5,12,14-15H2,1-3H3,(H,26,29)/t16-/m0/s1. The van der Waals surface area contributed by atoms with Crippen LogP contribution in [0.15, 0.2) is 46.9 Å². The van der Waals surface area contributed by atoms with Crippen molar-refractivity contribution in [2.45, 2.75) is 46.2 Å². The van der Waals surface area contributed by atoms with Crippen molar-refractivity contribution in [1.82, 2.24) is 10.2 Å². The summed E-state index contributed by atoms with van der Waals surface area (Å²) in [4.78, 5) is 27.1. The predicted molar refractivity (Wildman–Crippen MR) is 124 cm³/mol. The van der Waals surface area contributed by atoms with Crippen LogP contribution in [0.4, 0.5) is 0 Å². The number of amides is 2. The highest BCUT2D eigenvalue weighted by Crippen LogP contribution is 2.26. The SMILES string of the molecule is CCCNC(=O)[C@H](C)N(Cc1ccc(Cl)cc1)C(=O)COc1ccc(CC)cc1Br. The average Bonchev–Trinajstić information content (AvgIpc) is 2.75. The molecule has 2 amide bonds. The summed E-state index contributed by atoms with van der Waals surface area (Å²) in [5.41, 5.74) is 2.06. The van der Waals surface area contributed by atoms with Crippen LogP contribution in [0.3, 0.4) is 0 Å². The second-order valence-corrected chi connectivity index (χ2v) is 8.31. The zero-order valence-corrected chi connectivity index (χ0v) is 19.9. The minimum Gasteiger partial charge on any atom is -0.483 e. The molecule has 0 saturated heterocycles. The van der Waals surface area contributed by atoms with Crippen LogP contribution in [0.1, 0.15) is 38.3 Å². The fraction of sp³-hybridized carbons (Fsp3) is 0.391. The molecule has 2 aromatic rings. The number of ether oxygens (including phenoxy) is 1. The maximum Gasteiger partial charge on any atom is 0.261 e. The van der Waals surface area contributed by atoms with E-state index in [0.29, 0.717) is 17.3 Å². The number of benzene rings is 2.